The number of halogens is 2. The number of hydrogen-bond donors (Lipinski definition) is 1. The van der Waals surface area contributed by atoms with E-state index >= 15 is 0 Å². The molecule has 4 aromatic rings. The summed E-state index contributed by atoms with van der Waals surface area (Å²) in [6, 6.07) is 14.9. The van der Waals surface area contributed by atoms with E-state index in [1.165, 1.54) is 18.2 Å². The van der Waals surface area contributed by atoms with Crippen molar-refractivity contribution in [3.05, 3.63) is 88.7 Å². The third-order valence-corrected chi connectivity index (χ3v) is 7.26. The summed E-state index contributed by atoms with van der Waals surface area (Å²) in [6.45, 7) is 4.37. The lowest BCUT2D eigenvalue weighted by molar-refractivity contribution is 0.0922. The number of fused-ring (bicyclic) bond motifs is 2. The molecule has 1 aliphatic carbocycles. The Balaban J connectivity index is 1.47. The largest absolute Gasteiger partial charge is 0.493 e. The highest BCUT2D eigenvalue weighted by molar-refractivity contribution is 5.97. The third-order valence-electron chi connectivity index (χ3n) is 7.26. The van der Waals surface area contributed by atoms with Gasteiger partial charge >= 0.3 is 0 Å². The van der Waals surface area contributed by atoms with Crippen LogP contribution < -0.4 is 10.1 Å². The topological polar surface area (TPSA) is 55.6 Å². The first kappa shape index (κ1) is 21.8. The highest BCUT2D eigenvalue weighted by Crippen LogP contribution is 2.49. The van der Waals surface area contributed by atoms with Gasteiger partial charge in [-0.1, -0.05) is 31.2 Å². The fraction of sp³-hybridized carbons (Fsp3) is 0.286. The molecule has 1 saturated carbocycles. The number of hydrogen-bond acceptors (Lipinski definition) is 3. The number of nitrogens with one attached hydrogen (secondary N) is 1. The molecule has 1 aliphatic heterocycles. The molecule has 1 atom stereocenters. The van der Waals surface area contributed by atoms with Gasteiger partial charge in [0, 0.05) is 23.0 Å². The fourth-order valence-electron chi connectivity index (χ4n) is 5.19. The predicted molar refractivity (Wildman–Crippen MR) is 129 cm³/mol. The molecule has 5 nitrogen and oxygen atoms in total. The van der Waals surface area contributed by atoms with Crippen molar-refractivity contribution in [3.63, 3.8) is 0 Å². The van der Waals surface area contributed by atoms with Crippen molar-refractivity contribution >= 4 is 11.4 Å². The highest BCUT2D eigenvalue weighted by Gasteiger charge is 2.44. The quantitative estimate of drug-likeness (QED) is 0.402. The molecule has 2 aromatic heterocycles. The first-order chi connectivity index (χ1) is 16.9. The summed E-state index contributed by atoms with van der Waals surface area (Å²) >= 11 is 0. The molecule has 1 N–H and O–H groups in total. The Morgan fingerprint density at radius 3 is 2.54 bits per heavy atom. The summed E-state index contributed by atoms with van der Waals surface area (Å²) in [5.41, 5.74) is 3.45. The maximum atomic E-state index is 14.7. The lowest BCUT2D eigenvalue weighted by Crippen LogP contribution is -2.33. The molecule has 1 amide bonds. The Labute approximate surface area is 201 Å². The Bertz CT molecular complexity index is 1470. The smallest absolute Gasteiger partial charge is 0.253 e. The molecule has 0 bridgehead atoms. The van der Waals surface area contributed by atoms with E-state index in [0.29, 0.717) is 35.4 Å². The molecular formula is C28H25F2N3O2. The Kier molecular flexibility index (Phi) is 4.91. The van der Waals surface area contributed by atoms with Crippen LogP contribution in [0.2, 0.25) is 0 Å². The predicted octanol–water partition coefficient (Wildman–Crippen LogP) is 5.89. The fourth-order valence-corrected chi connectivity index (χ4v) is 5.19. The van der Waals surface area contributed by atoms with Crippen LogP contribution in [0.25, 0.3) is 16.6 Å². The van der Waals surface area contributed by atoms with Crippen LogP contribution in [-0.4, -0.2) is 22.1 Å². The molecule has 0 radical (unpaired) electrons. The van der Waals surface area contributed by atoms with Crippen molar-refractivity contribution in [2.45, 2.75) is 44.6 Å². The number of aryl methyl sites for hydroxylation is 1. The van der Waals surface area contributed by atoms with E-state index in [1.54, 1.807) is 23.6 Å². The zero-order valence-corrected chi connectivity index (χ0v) is 19.6. The van der Waals surface area contributed by atoms with E-state index in [-0.39, 0.29) is 22.9 Å². The van der Waals surface area contributed by atoms with Crippen LogP contribution in [0.4, 0.5) is 8.78 Å². The van der Waals surface area contributed by atoms with E-state index in [2.05, 4.69) is 17.3 Å². The average molecular weight is 474 g/mol. The standard InChI is InChI=1S/C28H25F2N3O2/c1-16-24(25-19(29)7-5-8-20(25)30)22-11-10-18(26(33(22)32-16)28(2)13-14-28)27(34)31-21-12-15-35-23-9-4-3-6-17(21)23/h3-11,21H,12-15H2,1-2H3,(H,31,34)/t21-/m0/s1. The maximum absolute atomic E-state index is 14.7. The molecule has 178 valence electrons. The van der Waals surface area contributed by atoms with Gasteiger partial charge in [0.1, 0.15) is 17.4 Å². The van der Waals surface area contributed by atoms with E-state index in [4.69, 9.17) is 4.74 Å². The second-order valence-corrected chi connectivity index (χ2v) is 9.71. The molecular weight excluding hydrogens is 448 g/mol. The van der Waals surface area contributed by atoms with E-state index in [1.807, 2.05) is 24.3 Å². The Morgan fingerprint density at radius 2 is 1.80 bits per heavy atom. The van der Waals surface area contributed by atoms with Crippen molar-refractivity contribution in [2.75, 3.05) is 6.61 Å². The zero-order chi connectivity index (χ0) is 24.3. The minimum atomic E-state index is -0.637. The number of rotatable bonds is 4. The minimum Gasteiger partial charge on any atom is -0.493 e. The van der Waals surface area contributed by atoms with Crippen molar-refractivity contribution < 1.29 is 18.3 Å². The van der Waals surface area contributed by atoms with Gasteiger partial charge in [-0.25, -0.2) is 13.3 Å². The van der Waals surface area contributed by atoms with Crippen LogP contribution in [0.1, 0.15) is 59.5 Å². The van der Waals surface area contributed by atoms with Gasteiger partial charge in [-0.2, -0.15) is 5.10 Å². The van der Waals surface area contributed by atoms with Gasteiger partial charge in [-0.15, -0.1) is 0 Å². The van der Waals surface area contributed by atoms with Crippen LogP contribution in [0.15, 0.2) is 54.6 Å². The van der Waals surface area contributed by atoms with Crippen LogP contribution in [-0.2, 0) is 5.41 Å². The average Bonchev–Trinajstić information content (AvgIpc) is 3.50. The second kappa shape index (κ2) is 7.90. The monoisotopic (exact) mass is 473 g/mol. The number of pyridine rings is 1. The second-order valence-electron chi connectivity index (χ2n) is 9.71. The summed E-state index contributed by atoms with van der Waals surface area (Å²) in [7, 11) is 0. The van der Waals surface area contributed by atoms with Gasteiger partial charge in [-0.05, 0) is 50.1 Å². The molecule has 3 heterocycles. The van der Waals surface area contributed by atoms with Crippen molar-refractivity contribution in [1.29, 1.82) is 0 Å². The van der Waals surface area contributed by atoms with Gasteiger partial charge in [0.25, 0.3) is 5.91 Å². The summed E-state index contributed by atoms with van der Waals surface area (Å²) in [5.74, 6) is -0.680. The number of nitrogens with zero attached hydrogens (tertiary/aromatic N) is 2. The number of aromatic nitrogens is 2. The lowest BCUT2D eigenvalue weighted by atomic mass is 9.95. The van der Waals surface area contributed by atoms with E-state index in [9.17, 15) is 13.6 Å². The van der Waals surface area contributed by atoms with Crippen molar-refractivity contribution in [2.24, 2.45) is 0 Å². The molecule has 6 rings (SSSR count). The van der Waals surface area contributed by atoms with E-state index in [0.717, 1.165) is 29.8 Å². The van der Waals surface area contributed by atoms with Gasteiger partial charge in [0.2, 0.25) is 0 Å². The normalized spacial score (nSPS) is 18.1. The summed E-state index contributed by atoms with van der Waals surface area (Å²) in [4.78, 5) is 13.6. The number of carbonyl (C=O) groups is 1. The number of benzene rings is 2. The highest BCUT2D eigenvalue weighted by atomic mass is 19.1. The molecule has 35 heavy (non-hydrogen) atoms. The number of carbonyl (C=O) groups excluding carboxylic acids is 1. The molecule has 2 aromatic carbocycles. The summed E-state index contributed by atoms with van der Waals surface area (Å²) in [5, 5.41) is 7.87. The van der Waals surface area contributed by atoms with Gasteiger partial charge in [0.15, 0.2) is 0 Å². The van der Waals surface area contributed by atoms with E-state index < -0.39 is 11.6 Å². The molecule has 0 saturated heterocycles. The first-order valence-electron chi connectivity index (χ1n) is 11.9. The lowest BCUT2D eigenvalue weighted by Gasteiger charge is -2.27. The molecule has 0 spiro atoms. The van der Waals surface area contributed by atoms with Crippen molar-refractivity contribution in [1.82, 2.24) is 14.9 Å². The third kappa shape index (κ3) is 3.49. The van der Waals surface area contributed by atoms with Gasteiger partial charge in [-0.3, -0.25) is 4.79 Å². The van der Waals surface area contributed by atoms with Crippen LogP contribution >= 0.6 is 0 Å². The van der Waals surface area contributed by atoms with Gasteiger partial charge < -0.3 is 10.1 Å². The molecule has 1 fully saturated rings. The summed E-state index contributed by atoms with van der Waals surface area (Å²) in [6.07, 6.45) is 2.50. The maximum Gasteiger partial charge on any atom is 0.253 e. The zero-order valence-electron chi connectivity index (χ0n) is 19.6. The minimum absolute atomic E-state index is 0.0945. The summed E-state index contributed by atoms with van der Waals surface area (Å²) < 4.78 is 36.9. The number of ether oxygens (including phenoxy) is 1. The Hall–Kier alpha value is -3.74. The Morgan fingerprint density at radius 1 is 1.06 bits per heavy atom. The van der Waals surface area contributed by atoms with Crippen molar-refractivity contribution in [3.8, 4) is 16.9 Å². The van der Waals surface area contributed by atoms with Crippen LogP contribution in [0, 0.1) is 18.6 Å². The SMILES string of the molecule is Cc1nn2c(C3(C)CC3)c(C(=O)N[C@H]3CCOc4ccccc43)ccc2c1-c1c(F)cccc1F. The number of amides is 1. The van der Waals surface area contributed by atoms with Crippen LogP contribution in [0.5, 0.6) is 5.75 Å². The molecule has 0 unspecified atom stereocenters. The van der Waals surface area contributed by atoms with Gasteiger partial charge in [0.05, 0.1) is 40.7 Å². The molecule has 2 aliphatic rings. The van der Waals surface area contributed by atoms with Crippen LogP contribution in [0.3, 0.4) is 0 Å². The first-order valence-corrected chi connectivity index (χ1v) is 11.9. The molecule has 7 heteroatoms. The number of para-hydroxylation sites is 1.